The van der Waals surface area contributed by atoms with Crippen LogP contribution in [0.2, 0.25) is 0 Å². The van der Waals surface area contributed by atoms with E-state index in [1.807, 2.05) is 0 Å². The molecule has 150 valence electrons. The molecule has 0 aromatic heterocycles. The largest absolute Gasteiger partial charge is 0.457 e. The molecule has 5 nitrogen and oxygen atoms in total. The Morgan fingerprint density at radius 3 is 1.72 bits per heavy atom. The van der Waals surface area contributed by atoms with Crippen molar-refractivity contribution in [3.05, 3.63) is 0 Å². The molecule has 0 saturated heterocycles. The molecule has 0 heterocycles. The summed E-state index contributed by atoms with van der Waals surface area (Å²) in [4.78, 5) is 11.6. The van der Waals surface area contributed by atoms with Crippen LogP contribution in [0.5, 0.6) is 0 Å². The van der Waals surface area contributed by atoms with E-state index in [4.69, 9.17) is 19.7 Å². The van der Waals surface area contributed by atoms with Crippen LogP contribution >= 0.6 is 0 Å². The Labute approximate surface area is 154 Å². The molecule has 0 fully saturated rings. The Balaban J connectivity index is 3.30. The number of rotatable bonds is 19. The molecule has 0 aliphatic heterocycles. The maximum Gasteiger partial charge on any atom is 0.306 e. The number of hydrogen-bond acceptors (Lipinski definition) is 5. The summed E-state index contributed by atoms with van der Waals surface area (Å²) in [6.45, 7) is 1.55. The van der Waals surface area contributed by atoms with Gasteiger partial charge < -0.3 is 19.7 Å². The van der Waals surface area contributed by atoms with Crippen LogP contribution in [0, 0.1) is 0 Å². The number of aliphatic hydroxyl groups is 2. The van der Waals surface area contributed by atoms with Crippen LogP contribution in [0.4, 0.5) is 0 Å². The lowest BCUT2D eigenvalue weighted by Crippen LogP contribution is -2.27. The van der Waals surface area contributed by atoms with E-state index in [1.54, 1.807) is 0 Å². The fraction of sp³-hybridized carbons (Fsp3) is 0.950. The smallest absolute Gasteiger partial charge is 0.306 e. The lowest BCUT2D eigenvalue weighted by Gasteiger charge is -2.14. The molecule has 0 aliphatic rings. The van der Waals surface area contributed by atoms with E-state index in [9.17, 15) is 4.79 Å². The highest BCUT2D eigenvalue weighted by molar-refractivity contribution is 5.69. The fourth-order valence-electron chi connectivity index (χ4n) is 2.84. The molecule has 2 N–H and O–H groups in total. The first-order chi connectivity index (χ1) is 12.2. The predicted molar refractivity (Wildman–Crippen MR) is 100 cm³/mol. The highest BCUT2D eigenvalue weighted by Gasteiger charge is 2.13. The lowest BCUT2D eigenvalue weighted by atomic mass is 10.0. The molecule has 0 aliphatic carbocycles. The van der Waals surface area contributed by atoms with Crippen molar-refractivity contribution in [1.82, 2.24) is 0 Å². The molecule has 25 heavy (non-hydrogen) atoms. The summed E-state index contributed by atoms with van der Waals surface area (Å²) in [5.41, 5.74) is 0. The lowest BCUT2D eigenvalue weighted by molar-refractivity contribution is -0.157. The summed E-state index contributed by atoms with van der Waals surface area (Å²) in [6, 6.07) is 0. The van der Waals surface area contributed by atoms with Gasteiger partial charge in [-0.1, -0.05) is 84.0 Å². The molecule has 1 atom stereocenters. The Morgan fingerprint density at radius 2 is 1.28 bits per heavy atom. The molecular formula is C20H40O5. The third kappa shape index (κ3) is 18.0. The highest BCUT2D eigenvalue weighted by Crippen LogP contribution is 2.13. The molecule has 0 rings (SSSR count). The van der Waals surface area contributed by atoms with Gasteiger partial charge in [-0.25, -0.2) is 0 Å². The van der Waals surface area contributed by atoms with Crippen molar-refractivity contribution in [1.29, 1.82) is 0 Å². The highest BCUT2D eigenvalue weighted by atomic mass is 16.6. The number of ether oxygens (including phenoxy) is 2. The summed E-state index contributed by atoms with van der Waals surface area (Å²) >= 11 is 0. The Hall–Kier alpha value is -0.650. The average Bonchev–Trinajstić information content (AvgIpc) is 2.62. The van der Waals surface area contributed by atoms with Crippen LogP contribution in [0.25, 0.3) is 0 Å². The van der Waals surface area contributed by atoms with Crippen LogP contribution in [-0.4, -0.2) is 42.3 Å². The number of carbonyl (C=O) groups excluding carboxylic acids is 1. The fourth-order valence-corrected chi connectivity index (χ4v) is 2.84. The summed E-state index contributed by atoms with van der Waals surface area (Å²) in [7, 11) is 0. The monoisotopic (exact) mass is 360 g/mol. The van der Waals surface area contributed by atoms with Gasteiger partial charge in [0.1, 0.15) is 12.9 Å². The first-order valence-corrected chi connectivity index (χ1v) is 10.2. The van der Waals surface area contributed by atoms with Crippen molar-refractivity contribution in [2.45, 2.75) is 103 Å². The van der Waals surface area contributed by atoms with Crippen molar-refractivity contribution >= 4 is 5.97 Å². The van der Waals surface area contributed by atoms with Gasteiger partial charge in [0.2, 0.25) is 0 Å². The van der Waals surface area contributed by atoms with Crippen molar-refractivity contribution in [2.24, 2.45) is 0 Å². The van der Waals surface area contributed by atoms with E-state index >= 15 is 0 Å². The second-order valence-corrected chi connectivity index (χ2v) is 6.79. The van der Waals surface area contributed by atoms with Crippen molar-refractivity contribution in [3.8, 4) is 0 Å². The van der Waals surface area contributed by atoms with Gasteiger partial charge in [-0.3, -0.25) is 4.79 Å². The summed E-state index contributed by atoms with van der Waals surface area (Å²) in [5, 5.41) is 17.6. The van der Waals surface area contributed by atoms with E-state index < -0.39 is 12.9 Å². The quantitative estimate of drug-likeness (QED) is 0.204. The third-order valence-electron chi connectivity index (χ3n) is 4.38. The van der Waals surface area contributed by atoms with Crippen molar-refractivity contribution in [3.63, 3.8) is 0 Å². The van der Waals surface area contributed by atoms with Gasteiger partial charge in [-0.05, 0) is 6.42 Å². The maximum atomic E-state index is 11.6. The summed E-state index contributed by atoms with van der Waals surface area (Å²) in [5.74, 6) is -0.302. The normalized spacial score (nSPS) is 12.3. The van der Waals surface area contributed by atoms with Gasteiger partial charge in [0.15, 0.2) is 0 Å². The molecule has 0 aromatic carbocycles. The number of esters is 1. The van der Waals surface area contributed by atoms with Gasteiger partial charge in [-0.15, -0.1) is 0 Å². The van der Waals surface area contributed by atoms with E-state index in [0.29, 0.717) is 6.42 Å². The number of hydrogen-bond donors (Lipinski definition) is 2. The molecule has 0 amide bonds. The predicted octanol–water partition coefficient (Wildman–Crippen LogP) is 4.34. The van der Waals surface area contributed by atoms with E-state index in [2.05, 4.69) is 6.92 Å². The zero-order chi connectivity index (χ0) is 18.6. The number of carbonyl (C=O) groups is 1. The minimum absolute atomic E-state index is 0.0251. The van der Waals surface area contributed by atoms with Crippen LogP contribution < -0.4 is 0 Å². The minimum Gasteiger partial charge on any atom is -0.457 e. The first kappa shape index (κ1) is 24.4. The van der Waals surface area contributed by atoms with Crippen LogP contribution in [0.1, 0.15) is 96.8 Å². The average molecular weight is 361 g/mol. The van der Waals surface area contributed by atoms with Gasteiger partial charge in [0, 0.05) is 6.42 Å². The number of unbranched alkanes of at least 4 members (excludes halogenated alkanes) is 12. The molecule has 0 aromatic rings. The van der Waals surface area contributed by atoms with Crippen LogP contribution in [-0.2, 0) is 14.3 Å². The molecule has 0 bridgehead atoms. The van der Waals surface area contributed by atoms with Crippen LogP contribution in [0.3, 0.4) is 0 Å². The van der Waals surface area contributed by atoms with Gasteiger partial charge in [0.05, 0.1) is 13.2 Å². The van der Waals surface area contributed by atoms with E-state index in [0.717, 1.165) is 12.8 Å². The van der Waals surface area contributed by atoms with Crippen molar-refractivity contribution < 1.29 is 24.5 Å². The minimum atomic E-state index is -0.679. The summed E-state index contributed by atoms with van der Waals surface area (Å²) < 4.78 is 9.81. The maximum absolute atomic E-state index is 11.6. The first-order valence-electron chi connectivity index (χ1n) is 10.2. The van der Waals surface area contributed by atoms with E-state index in [1.165, 1.54) is 70.6 Å². The molecule has 5 heteroatoms. The Bertz CT molecular complexity index is 283. The topological polar surface area (TPSA) is 76.0 Å². The zero-order valence-electron chi connectivity index (χ0n) is 16.2. The van der Waals surface area contributed by atoms with Gasteiger partial charge >= 0.3 is 5.97 Å². The number of aliphatic hydroxyl groups excluding tert-OH is 2. The molecule has 0 unspecified atom stereocenters. The zero-order valence-corrected chi connectivity index (χ0v) is 16.2. The van der Waals surface area contributed by atoms with Crippen LogP contribution in [0.15, 0.2) is 0 Å². The Morgan fingerprint density at radius 1 is 0.800 bits per heavy atom. The molecular weight excluding hydrogens is 320 g/mol. The second-order valence-electron chi connectivity index (χ2n) is 6.79. The van der Waals surface area contributed by atoms with Gasteiger partial charge in [-0.2, -0.15) is 0 Å². The van der Waals surface area contributed by atoms with Crippen molar-refractivity contribution in [2.75, 3.05) is 20.0 Å². The second kappa shape index (κ2) is 19.7. The Kier molecular flexibility index (Phi) is 19.2. The molecule has 0 radical (unpaired) electrons. The standard InChI is InChI=1S/C20H40O5/c1-2-3-4-5-6-7-8-9-10-11-12-13-14-15-20(23)25-19(16-21)17-24-18-22/h19,21-22H,2-18H2,1H3/t19-/m1/s1. The summed E-state index contributed by atoms with van der Waals surface area (Å²) in [6.07, 6.45) is 16.2. The molecule has 0 saturated carbocycles. The SMILES string of the molecule is CCCCCCCCCCCCCCCC(=O)O[C@H](CO)COCO. The van der Waals surface area contributed by atoms with Gasteiger partial charge in [0.25, 0.3) is 0 Å². The van der Waals surface area contributed by atoms with E-state index in [-0.39, 0.29) is 19.2 Å². The molecule has 0 spiro atoms. The third-order valence-corrected chi connectivity index (χ3v) is 4.38.